The second kappa shape index (κ2) is 5.47. The summed E-state index contributed by atoms with van der Waals surface area (Å²) in [4.78, 5) is 7.85. The number of hydrogen-bond donors (Lipinski definition) is 2. The first kappa shape index (κ1) is 14.9. The quantitative estimate of drug-likeness (QED) is 0.901. The van der Waals surface area contributed by atoms with Gasteiger partial charge in [-0.05, 0) is 23.6 Å². The van der Waals surface area contributed by atoms with Crippen LogP contribution in [-0.4, -0.2) is 17.1 Å². The maximum atomic E-state index is 5.83. The molecule has 0 fully saturated rings. The Balaban J connectivity index is 2.43. The summed E-state index contributed by atoms with van der Waals surface area (Å²) in [7, 11) is 1.63. The van der Waals surface area contributed by atoms with Gasteiger partial charge in [0.1, 0.15) is 17.3 Å². The van der Waals surface area contributed by atoms with Gasteiger partial charge >= 0.3 is 0 Å². The molecule has 6 nitrogen and oxygen atoms in total. The zero-order chi connectivity index (χ0) is 15.6. The Bertz CT molecular complexity index is 630. The summed E-state index contributed by atoms with van der Waals surface area (Å²) in [5.74, 6) is 2.12. The first-order chi connectivity index (χ1) is 9.79. The molecule has 4 N–H and O–H groups in total. The molecule has 0 saturated heterocycles. The van der Waals surface area contributed by atoms with Crippen LogP contribution >= 0.6 is 0 Å². The Labute approximate surface area is 124 Å². The van der Waals surface area contributed by atoms with Crippen molar-refractivity contribution in [1.29, 1.82) is 0 Å². The fraction of sp³-hybridized carbons (Fsp3) is 0.333. The van der Waals surface area contributed by atoms with Gasteiger partial charge in [-0.3, -0.25) is 0 Å². The average molecular weight is 288 g/mol. The molecule has 112 valence electrons. The fourth-order valence-corrected chi connectivity index (χ4v) is 1.94. The van der Waals surface area contributed by atoms with Crippen LogP contribution in [0.4, 0.5) is 11.8 Å². The van der Waals surface area contributed by atoms with Crippen molar-refractivity contribution in [2.45, 2.75) is 26.2 Å². The summed E-state index contributed by atoms with van der Waals surface area (Å²) in [5.41, 5.74) is 12.1. The highest BCUT2D eigenvalue weighted by atomic mass is 16.5. The van der Waals surface area contributed by atoms with Gasteiger partial charge in [0, 0.05) is 11.6 Å². The molecule has 0 bridgehead atoms. The molecule has 1 heterocycles. The van der Waals surface area contributed by atoms with E-state index in [2.05, 4.69) is 30.7 Å². The number of nitrogens with two attached hydrogens (primary N) is 2. The van der Waals surface area contributed by atoms with Crippen molar-refractivity contribution in [3.8, 4) is 17.4 Å². The lowest BCUT2D eigenvalue weighted by atomic mass is 9.86. The Hall–Kier alpha value is -2.50. The normalized spacial score (nSPS) is 11.2. The maximum absolute atomic E-state index is 5.83. The zero-order valence-electron chi connectivity index (χ0n) is 12.7. The molecule has 21 heavy (non-hydrogen) atoms. The molecule has 6 heteroatoms. The third kappa shape index (κ3) is 3.53. The smallest absolute Gasteiger partial charge is 0.226 e. The predicted octanol–water partition coefficient (Wildman–Crippen LogP) is 2.74. The average Bonchev–Trinajstić information content (AvgIpc) is 2.36. The molecule has 0 saturated carbocycles. The van der Waals surface area contributed by atoms with Crippen LogP contribution in [0.15, 0.2) is 24.3 Å². The van der Waals surface area contributed by atoms with Gasteiger partial charge in [-0.15, -0.1) is 0 Å². The van der Waals surface area contributed by atoms with Crippen LogP contribution in [0, 0.1) is 0 Å². The minimum absolute atomic E-state index is 0.0795. The lowest BCUT2D eigenvalue weighted by Gasteiger charge is -2.23. The molecule has 0 aliphatic rings. The lowest BCUT2D eigenvalue weighted by Crippen LogP contribution is -2.13. The van der Waals surface area contributed by atoms with E-state index in [0.29, 0.717) is 11.6 Å². The predicted molar refractivity (Wildman–Crippen MR) is 82.6 cm³/mol. The van der Waals surface area contributed by atoms with Crippen molar-refractivity contribution in [2.24, 2.45) is 0 Å². The van der Waals surface area contributed by atoms with Gasteiger partial charge in [-0.25, -0.2) is 0 Å². The highest BCUT2D eigenvalue weighted by molar-refractivity contribution is 5.47. The van der Waals surface area contributed by atoms with Crippen LogP contribution in [0.25, 0.3) is 0 Å². The molecule has 0 amide bonds. The van der Waals surface area contributed by atoms with Gasteiger partial charge < -0.3 is 20.9 Å². The summed E-state index contributed by atoms with van der Waals surface area (Å²) >= 11 is 0. The standard InChI is InChI=1S/C15H20N4O2/c1-15(2,3)10-7-9(20-4)5-6-11(10)21-13-8-12(16)18-14(17)19-13/h5-8H,1-4H3,(H4,16,17,18,19). The summed E-state index contributed by atoms with van der Waals surface area (Å²) in [6.45, 7) is 6.28. The molecule has 1 aromatic heterocycles. The number of rotatable bonds is 3. The van der Waals surface area contributed by atoms with E-state index in [4.69, 9.17) is 20.9 Å². The van der Waals surface area contributed by atoms with Crippen molar-refractivity contribution < 1.29 is 9.47 Å². The minimum Gasteiger partial charge on any atom is -0.497 e. The molecular weight excluding hydrogens is 268 g/mol. The lowest BCUT2D eigenvalue weighted by molar-refractivity contribution is 0.405. The molecule has 1 aromatic carbocycles. The van der Waals surface area contributed by atoms with Crippen molar-refractivity contribution in [3.05, 3.63) is 29.8 Å². The summed E-state index contributed by atoms with van der Waals surface area (Å²) in [6.07, 6.45) is 0. The Kier molecular flexibility index (Phi) is 3.88. The van der Waals surface area contributed by atoms with E-state index in [1.54, 1.807) is 7.11 Å². The van der Waals surface area contributed by atoms with Crippen LogP contribution in [0.2, 0.25) is 0 Å². The van der Waals surface area contributed by atoms with Crippen LogP contribution < -0.4 is 20.9 Å². The number of nitrogen functional groups attached to an aromatic ring is 2. The van der Waals surface area contributed by atoms with E-state index >= 15 is 0 Å². The second-order valence-electron chi connectivity index (χ2n) is 5.70. The summed E-state index contributed by atoms with van der Waals surface area (Å²) < 4.78 is 11.1. The monoisotopic (exact) mass is 288 g/mol. The van der Waals surface area contributed by atoms with E-state index < -0.39 is 0 Å². The first-order valence-electron chi connectivity index (χ1n) is 6.56. The van der Waals surface area contributed by atoms with E-state index in [-0.39, 0.29) is 17.2 Å². The highest BCUT2D eigenvalue weighted by Gasteiger charge is 2.21. The van der Waals surface area contributed by atoms with Gasteiger partial charge in [-0.1, -0.05) is 20.8 Å². The van der Waals surface area contributed by atoms with Gasteiger partial charge in [0.25, 0.3) is 0 Å². The van der Waals surface area contributed by atoms with Gasteiger partial charge in [0.05, 0.1) is 7.11 Å². The van der Waals surface area contributed by atoms with Crippen molar-refractivity contribution >= 4 is 11.8 Å². The first-order valence-corrected chi connectivity index (χ1v) is 6.56. The molecule has 0 radical (unpaired) electrons. The van der Waals surface area contributed by atoms with Crippen molar-refractivity contribution in [2.75, 3.05) is 18.6 Å². The number of methoxy groups -OCH3 is 1. The Morgan fingerprint density at radius 1 is 1.05 bits per heavy atom. The molecule has 0 spiro atoms. The van der Waals surface area contributed by atoms with Gasteiger partial charge in [0.2, 0.25) is 11.8 Å². The van der Waals surface area contributed by atoms with E-state index in [9.17, 15) is 0 Å². The topological polar surface area (TPSA) is 96.3 Å². The third-order valence-electron chi connectivity index (χ3n) is 2.95. The third-order valence-corrected chi connectivity index (χ3v) is 2.95. The second-order valence-corrected chi connectivity index (χ2v) is 5.70. The van der Waals surface area contributed by atoms with E-state index in [0.717, 1.165) is 11.3 Å². The number of benzene rings is 1. The van der Waals surface area contributed by atoms with Crippen LogP contribution in [0.1, 0.15) is 26.3 Å². The van der Waals surface area contributed by atoms with Crippen LogP contribution in [0.5, 0.6) is 17.4 Å². The maximum Gasteiger partial charge on any atom is 0.226 e. The van der Waals surface area contributed by atoms with Crippen LogP contribution in [-0.2, 0) is 5.41 Å². The number of ether oxygens (including phenoxy) is 2. The Morgan fingerprint density at radius 2 is 1.76 bits per heavy atom. The molecular formula is C15H20N4O2. The molecule has 0 aliphatic heterocycles. The zero-order valence-corrected chi connectivity index (χ0v) is 12.7. The molecule has 0 unspecified atom stereocenters. The number of hydrogen-bond acceptors (Lipinski definition) is 6. The minimum atomic E-state index is -0.117. The molecule has 2 rings (SSSR count). The number of nitrogens with zero attached hydrogens (tertiary/aromatic N) is 2. The van der Waals surface area contributed by atoms with Gasteiger partial charge in [0.15, 0.2) is 0 Å². The van der Waals surface area contributed by atoms with E-state index in [1.807, 2.05) is 18.2 Å². The Morgan fingerprint density at radius 3 is 2.33 bits per heavy atom. The fourth-order valence-electron chi connectivity index (χ4n) is 1.94. The largest absolute Gasteiger partial charge is 0.497 e. The van der Waals surface area contributed by atoms with Crippen molar-refractivity contribution in [3.63, 3.8) is 0 Å². The van der Waals surface area contributed by atoms with Crippen molar-refractivity contribution in [1.82, 2.24) is 9.97 Å². The number of aromatic nitrogens is 2. The SMILES string of the molecule is COc1ccc(Oc2cc(N)nc(N)n2)c(C(C)(C)C)c1. The molecule has 2 aromatic rings. The van der Waals surface area contributed by atoms with Crippen LogP contribution in [0.3, 0.4) is 0 Å². The summed E-state index contributed by atoms with van der Waals surface area (Å²) in [5, 5.41) is 0. The molecule has 0 aliphatic carbocycles. The number of anilines is 2. The highest BCUT2D eigenvalue weighted by Crippen LogP contribution is 2.36. The van der Waals surface area contributed by atoms with E-state index in [1.165, 1.54) is 6.07 Å². The summed E-state index contributed by atoms with van der Waals surface area (Å²) in [6, 6.07) is 7.16. The molecule has 0 atom stereocenters. The van der Waals surface area contributed by atoms with Gasteiger partial charge in [-0.2, -0.15) is 9.97 Å².